The summed E-state index contributed by atoms with van der Waals surface area (Å²) in [6.45, 7) is 10.5. The summed E-state index contributed by atoms with van der Waals surface area (Å²) in [5, 5.41) is 0. The molecule has 15 heavy (non-hydrogen) atoms. The van der Waals surface area contributed by atoms with Crippen LogP contribution in [0, 0.1) is 5.92 Å². The van der Waals surface area contributed by atoms with Crippen molar-refractivity contribution < 1.29 is 0 Å². The number of unbranched alkanes of at least 4 members (excludes halogenated alkanes) is 2. The van der Waals surface area contributed by atoms with Gasteiger partial charge in [0.2, 0.25) is 0 Å². The topological polar surface area (TPSA) is 0 Å². The first-order valence-electron chi connectivity index (χ1n) is 7.35. The molecule has 1 rings (SSSR count). The number of rotatable bonds is 4. The summed E-state index contributed by atoms with van der Waals surface area (Å²) in [6.07, 6.45) is 13.2. The molecule has 0 aromatic rings. The van der Waals surface area contributed by atoms with E-state index in [0.29, 0.717) is 0 Å². The van der Waals surface area contributed by atoms with Gasteiger partial charge < -0.3 is 0 Å². The van der Waals surface area contributed by atoms with Crippen LogP contribution in [-0.4, -0.2) is 0 Å². The molecule has 0 spiro atoms. The van der Waals surface area contributed by atoms with Crippen LogP contribution in [0.4, 0.5) is 0 Å². The van der Waals surface area contributed by atoms with Gasteiger partial charge in [-0.3, -0.25) is 0 Å². The first-order valence-corrected chi connectivity index (χ1v) is 7.35. The lowest BCUT2D eigenvalue weighted by molar-refractivity contribution is 0.471. The summed E-state index contributed by atoms with van der Waals surface area (Å²) in [5.41, 5.74) is 0. The van der Waals surface area contributed by atoms with Gasteiger partial charge in [-0.25, -0.2) is 0 Å². The normalized spacial score (nSPS) is 15.0. The fraction of sp³-hybridized carbons (Fsp3) is 1.00. The number of hydrogen-bond donors (Lipinski definition) is 0. The largest absolute Gasteiger partial charge is 0.0683 e. The van der Waals surface area contributed by atoms with Crippen LogP contribution in [0.3, 0.4) is 0 Å². The Morgan fingerprint density at radius 3 is 1.73 bits per heavy atom. The van der Waals surface area contributed by atoms with Crippen molar-refractivity contribution in [2.75, 3.05) is 0 Å². The van der Waals surface area contributed by atoms with E-state index in [1.54, 1.807) is 0 Å². The molecule has 1 saturated carbocycles. The van der Waals surface area contributed by atoms with Crippen molar-refractivity contribution in [3.05, 3.63) is 0 Å². The van der Waals surface area contributed by atoms with Crippen LogP contribution >= 0.6 is 0 Å². The molecule has 0 saturated heterocycles. The van der Waals surface area contributed by atoms with E-state index in [-0.39, 0.29) is 0 Å². The summed E-state index contributed by atoms with van der Waals surface area (Å²) in [6, 6.07) is 0. The Kier molecular flexibility index (Phi) is 19.1. The molecule has 94 valence electrons. The molecular formula is C15H34. The lowest BCUT2D eigenvalue weighted by atomic mass is 10.0. The van der Waals surface area contributed by atoms with E-state index in [1.165, 1.54) is 57.8 Å². The van der Waals surface area contributed by atoms with Crippen molar-refractivity contribution in [3.63, 3.8) is 0 Å². The first kappa shape index (κ1) is 17.4. The van der Waals surface area contributed by atoms with Gasteiger partial charge in [-0.05, 0) is 5.92 Å². The standard InChI is InChI=1S/C10H20.C3H8.C2H6/c1-2-3-4-7-10-8-5-6-9-10;1-3-2;1-2/h10H,2-9H2,1H3;3H2,1-2H3;1-2H3. The van der Waals surface area contributed by atoms with Crippen LogP contribution in [0.25, 0.3) is 0 Å². The molecule has 1 aliphatic rings. The highest BCUT2D eigenvalue weighted by Gasteiger charge is 2.13. The van der Waals surface area contributed by atoms with Crippen molar-refractivity contribution in [1.82, 2.24) is 0 Å². The third-order valence-electron chi connectivity index (χ3n) is 2.69. The summed E-state index contributed by atoms with van der Waals surface area (Å²) in [4.78, 5) is 0. The first-order chi connectivity index (χ1) is 7.35. The highest BCUT2D eigenvalue weighted by Crippen LogP contribution is 2.28. The quantitative estimate of drug-likeness (QED) is 0.489. The van der Waals surface area contributed by atoms with Gasteiger partial charge in [-0.15, -0.1) is 0 Å². The fourth-order valence-electron chi connectivity index (χ4n) is 1.98. The van der Waals surface area contributed by atoms with Crippen molar-refractivity contribution in [2.45, 2.75) is 92.4 Å². The van der Waals surface area contributed by atoms with Gasteiger partial charge in [0.25, 0.3) is 0 Å². The van der Waals surface area contributed by atoms with E-state index >= 15 is 0 Å². The predicted octanol–water partition coefficient (Wildman–Crippen LogP) is 6.20. The summed E-state index contributed by atoms with van der Waals surface area (Å²) in [7, 11) is 0. The maximum absolute atomic E-state index is 2.29. The third-order valence-corrected chi connectivity index (χ3v) is 2.69. The van der Waals surface area contributed by atoms with Crippen molar-refractivity contribution in [2.24, 2.45) is 5.92 Å². The molecule has 0 unspecified atom stereocenters. The Morgan fingerprint density at radius 1 is 0.867 bits per heavy atom. The Hall–Kier alpha value is 0. The average molecular weight is 214 g/mol. The molecule has 1 fully saturated rings. The zero-order valence-electron chi connectivity index (χ0n) is 11.9. The van der Waals surface area contributed by atoms with E-state index in [4.69, 9.17) is 0 Å². The molecule has 0 aromatic heterocycles. The minimum absolute atomic E-state index is 1.12. The molecule has 0 amide bonds. The second-order valence-electron chi connectivity index (χ2n) is 4.35. The van der Waals surface area contributed by atoms with Gasteiger partial charge in [-0.1, -0.05) is 92.4 Å². The molecule has 0 nitrogen and oxygen atoms in total. The van der Waals surface area contributed by atoms with E-state index < -0.39 is 0 Å². The highest BCUT2D eigenvalue weighted by atomic mass is 14.2. The smallest absolute Gasteiger partial charge is 0.0414 e. The molecule has 1 aliphatic carbocycles. The second-order valence-corrected chi connectivity index (χ2v) is 4.35. The highest BCUT2D eigenvalue weighted by molar-refractivity contribution is 4.66. The summed E-state index contributed by atoms with van der Waals surface area (Å²) >= 11 is 0. The van der Waals surface area contributed by atoms with Crippen molar-refractivity contribution in [3.8, 4) is 0 Å². The maximum Gasteiger partial charge on any atom is -0.0414 e. The molecular weight excluding hydrogens is 180 g/mol. The zero-order chi connectivity index (χ0) is 11.9. The minimum Gasteiger partial charge on any atom is -0.0683 e. The van der Waals surface area contributed by atoms with Gasteiger partial charge in [0.15, 0.2) is 0 Å². The lowest BCUT2D eigenvalue weighted by Crippen LogP contribution is -1.91. The molecule has 0 aliphatic heterocycles. The third kappa shape index (κ3) is 14.0. The Balaban J connectivity index is 0. The van der Waals surface area contributed by atoms with Crippen molar-refractivity contribution >= 4 is 0 Å². The summed E-state index contributed by atoms with van der Waals surface area (Å²) in [5.74, 6) is 1.12. The minimum atomic E-state index is 1.12. The molecule has 0 bridgehead atoms. The van der Waals surface area contributed by atoms with E-state index in [9.17, 15) is 0 Å². The molecule has 0 heteroatoms. The zero-order valence-corrected chi connectivity index (χ0v) is 11.9. The monoisotopic (exact) mass is 214 g/mol. The van der Waals surface area contributed by atoms with E-state index in [1.807, 2.05) is 13.8 Å². The second kappa shape index (κ2) is 16.4. The molecule has 0 N–H and O–H groups in total. The van der Waals surface area contributed by atoms with Crippen molar-refractivity contribution in [1.29, 1.82) is 0 Å². The van der Waals surface area contributed by atoms with Gasteiger partial charge in [0, 0.05) is 0 Å². The SMILES string of the molecule is CC.CCC.CCCCCC1CCCC1. The van der Waals surface area contributed by atoms with Gasteiger partial charge in [0.05, 0.1) is 0 Å². The van der Waals surface area contributed by atoms with Crippen LogP contribution in [0.2, 0.25) is 0 Å². The average Bonchev–Trinajstić information content (AvgIpc) is 2.75. The Labute approximate surface area is 98.9 Å². The van der Waals surface area contributed by atoms with Crippen LogP contribution < -0.4 is 0 Å². The molecule has 0 radical (unpaired) electrons. The summed E-state index contributed by atoms with van der Waals surface area (Å²) < 4.78 is 0. The molecule has 0 atom stereocenters. The van der Waals surface area contributed by atoms with Gasteiger partial charge >= 0.3 is 0 Å². The Bertz CT molecular complexity index is 80.0. The van der Waals surface area contributed by atoms with Gasteiger partial charge in [-0.2, -0.15) is 0 Å². The van der Waals surface area contributed by atoms with Crippen LogP contribution in [0.15, 0.2) is 0 Å². The van der Waals surface area contributed by atoms with Gasteiger partial charge in [0.1, 0.15) is 0 Å². The van der Waals surface area contributed by atoms with Crippen LogP contribution in [-0.2, 0) is 0 Å². The fourth-order valence-corrected chi connectivity index (χ4v) is 1.98. The van der Waals surface area contributed by atoms with E-state index in [0.717, 1.165) is 5.92 Å². The molecule has 0 aromatic carbocycles. The van der Waals surface area contributed by atoms with E-state index in [2.05, 4.69) is 20.8 Å². The van der Waals surface area contributed by atoms with Crippen LogP contribution in [0.1, 0.15) is 92.4 Å². The Morgan fingerprint density at radius 2 is 1.33 bits per heavy atom. The number of hydrogen-bond acceptors (Lipinski definition) is 0. The lowest BCUT2D eigenvalue weighted by Gasteiger charge is -2.06. The predicted molar refractivity (Wildman–Crippen MR) is 73.4 cm³/mol. The maximum atomic E-state index is 2.29. The van der Waals surface area contributed by atoms with Crippen LogP contribution in [0.5, 0.6) is 0 Å². The molecule has 0 heterocycles.